The molecular formula is C14H18BrN3. The van der Waals surface area contributed by atoms with Crippen molar-refractivity contribution in [2.45, 2.75) is 32.2 Å². The molecule has 1 heterocycles. The largest absolute Gasteiger partial charge is 0.340 e. The number of hydrogen-bond donors (Lipinski definition) is 2. The summed E-state index contributed by atoms with van der Waals surface area (Å²) in [6.45, 7) is 4.14. The minimum Gasteiger partial charge on any atom is -0.340 e. The standard InChI is InChI=1S/C14H18BrN3/c1-3-7-14(2,16)13-17-9-12(18-13)10-5-4-6-11(15)8-10/h4-6,8-9H,3,7,16H2,1-2H3,(H,17,18). The molecule has 0 saturated heterocycles. The van der Waals surface area contributed by atoms with Crippen LogP contribution < -0.4 is 5.73 Å². The number of aromatic amines is 1. The molecule has 0 spiro atoms. The average molecular weight is 308 g/mol. The molecule has 0 bridgehead atoms. The molecule has 0 aliphatic carbocycles. The van der Waals surface area contributed by atoms with Gasteiger partial charge in [-0.05, 0) is 25.5 Å². The van der Waals surface area contributed by atoms with Crippen molar-refractivity contribution in [3.05, 3.63) is 40.8 Å². The highest BCUT2D eigenvalue weighted by Crippen LogP contribution is 2.25. The average Bonchev–Trinajstić information content (AvgIpc) is 2.78. The van der Waals surface area contributed by atoms with E-state index in [4.69, 9.17) is 5.73 Å². The molecule has 1 atom stereocenters. The second-order valence-electron chi connectivity index (χ2n) is 4.82. The van der Waals surface area contributed by atoms with Gasteiger partial charge in [-0.25, -0.2) is 4.98 Å². The van der Waals surface area contributed by atoms with E-state index in [0.717, 1.165) is 34.4 Å². The predicted molar refractivity (Wildman–Crippen MR) is 78.2 cm³/mol. The van der Waals surface area contributed by atoms with E-state index in [1.807, 2.05) is 25.3 Å². The number of imidazole rings is 1. The van der Waals surface area contributed by atoms with Crippen molar-refractivity contribution in [1.29, 1.82) is 0 Å². The third-order valence-corrected chi connectivity index (χ3v) is 3.51. The fourth-order valence-electron chi connectivity index (χ4n) is 2.05. The monoisotopic (exact) mass is 307 g/mol. The molecule has 0 aliphatic heterocycles. The summed E-state index contributed by atoms with van der Waals surface area (Å²) in [5, 5.41) is 0. The molecule has 2 rings (SSSR count). The van der Waals surface area contributed by atoms with E-state index in [1.165, 1.54) is 0 Å². The number of hydrogen-bond acceptors (Lipinski definition) is 2. The molecule has 4 heteroatoms. The molecule has 0 saturated carbocycles. The number of benzene rings is 1. The van der Waals surface area contributed by atoms with Gasteiger partial charge in [-0.1, -0.05) is 41.4 Å². The highest BCUT2D eigenvalue weighted by molar-refractivity contribution is 9.10. The first kappa shape index (κ1) is 13.3. The molecule has 3 nitrogen and oxygen atoms in total. The fourth-order valence-corrected chi connectivity index (χ4v) is 2.45. The van der Waals surface area contributed by atoms with Crippen molar-refractivity contribution in [1.82, 2.24) is 9.97 Å². The molecule has 1 unspecified atom stereocenters. The van der Waals surface area contributed by atoms with Crippen molar-refractivity contribution in [3.63, 3.8) is 0 Å². The maximum absolute atomic E-state index is 6.27. The van der Waals surface area contributed by atoms with E-state index in [2.05, 4.69) is 45.0 Å². The molecule has 1 aromatic carbocycles. The Morgan fingerprint density at radius 2 is 2.22 bits per heavy atom. The summed E-state index contributed by atoms with van der Waals surface area (Å²) >= 11 is 3.47. The number of nitrogens with two attached hydrogens (primary N) is 1. The lowest BCUT2D eigenvalue weighted by Gasteiger charge is -2.21. The van der Waals surface area contributed by atoms with Crippen molar-refractivity contribution < 1.29 is 0 Å². The summed E-state index contributed by atoms with van der Waals surface area (Å²) in [4.78, 5) is 7.74. The topological polar surface area (TPSA) is 54.7 Å². The Balaban J connectivity index is 2.31. The molecule has 3 N–H and O–H groups in total. The van der Waals surface area contributed by atoms with Crippen LogP contribution in [0.15, 0.2) is 34.9 Å². The van der Waals surface area contributed by atoms with Crippen LogP contribution in [0.3, 0.4) is 0 Å². The number of nitrogens with zero attached hydrogens (tertiary/aromatic N) is 1. The first-order valence-electron chi connectivity index (χ1n) is 6.13. The maximum atomic E-state index is 6.27. The van der Waals surface area contributed by atoms with Crippen LogP contribution in [0.2, 0.25) is 0 Å². The minimum absolute atomic E-state index is 0.390. The van der Waals surface area contributed by atoms with Crippen molar-refractivity contribution >= 4 is 15.9 Å². The number of H-pyrrole nitrogens is 1. The van der Waals surface area contributed by atoms with Crippen molar-refractivity contribution in [2.75, 3.05) is 0 Å². The molecular weight excluding hydrogens is 290 g/mol. The zero-order valence-electron chi connectivity index (χ0n) is 10.7. The normalized spacial score (nSPS) is 14.4. The molecule has 18 heavy (non-hydrogen) atoms. The van der Waals surface area contributed by atoms with Crippen molar-refractivity contribution in [2.24, 2.45) is 5.73 Å². The van der Waals surface area contributed by atoms with Gasteiger partial charge >= 0.3 is 0 Å². The zero-order valence-corrected chi connectivity index (χ0v) is 12.3. The van der Waals surface area contributed by atoms with Gasteiger partial charge in [-0.3, -0.25) is 0 Å². The molecule has 0 amide bonds. The number of aromatic nitrogens is 2. The molecule has 1 aromatic heterocycles. The van der Waals surface area contributed by atoms with Crippen LogP contribution in [0.5, 0.6) is 0 Å². The van der Waals surface area contributed by atoms with Gasteiger partial charge in [-0.2, -0.15) is 0 Å². The van der Waals surface area contributed by atoms with Gasteiger partial charge < -0.3 is 10.7 Å². The summed E-state index contributed by atoms with van der Waals surface area (Å²) in [6.07, 6.45) is 3.80. The van der Waals surface area contributed by atoms with Crippen LogP contribution in [-0.2, 0) is 5.54 Å². The van der Waals surface area contributed by atoms with Gasteiger partial charge in [0.15, 0.2) is 0 Å². The van der Waals surface area contributed by atoms with Gasteiger partial charge in [0.2, 0.25) is 0 Å². The Morgan fingerprint density at radius 3 is 2.89 bits per heavy atom. The second kappa shape index (κ2) is 5.24. The molecule has 2 aromatic rings. The third kappa shape index (κ3) is 2.82. The van der Waals surface area contributed by atoms with Crippen molar-refractivity contribution in [3.8, 4) is 11.3 Å². The Labute approximate surface area is 116 Å². The summed E-state index contributed by atoms with van der Waals surface area (Å²) in [6, 6.07) is 8.12. The van der Waals surface area contributed by atoms with Gasteiger partial charge in [0, 0.05) is 10.0 Å². The van der Waals surface area contributed by atoms with E-state index in [-0.39, 0.29) is 5.54 Å². The highest BCUT2D eigenvalue weighted by atomic mass is 79.9. The quantitative estimate of drug-likeness (QED) is 0.902. The molecule has 0 aliphatic rings. The van der Waals surface area contributed by atoms with Gasteiger partial charge in [0.05, 0.1) is 17.4 Å². The zero-order chi connectivity index (χ0) is 13.2. The van der Waals surface area contributed by atoms with Gasteiger partial charge in [0.25, 0.3) is 0 Å². The SMILES string of the molecule is CCCC(C)(N)c1ncc(-c2cccc(Br)c2)[nH]1. The smallest absolute Gasteiger partial charge is 0.126 e. The van der Waals surface area contributed by atoms with Crippen LogP contribution in [0.4, 0.5) is 0 Å². The summed E-state index contributed by atoms with van der Waals surface area (Å²) < 4.78 is 1.06. The molecule has 0 radical (unpaired) electrons. The molecule has 0 fully saturated rings. The number of nitrogens with one attached hydrogen (secondary N) is 1. The van der Waals surface area contributed by atoms with E-state index >= 15 is 0 Å². The van der Waals surface area contributed by atoms with Crippen LogP contribution >= 0.6 is 15.9 Å². The Morgan fingerprint density at radius 1 is 1.44 bits per heavy atom. The van der Waals surface area contributed by atoms with Crippen LogP contribution in [-0.4, -0.2) is 9.97 Å². The number of halogens is 1. The first-order chi connectivity index (χ1) is 8.53. The maximum Gasteiger partial charge on any atom is 0.126 e. The van der Waals surface area contributed by atoms with E-state index < -0.39 is 0 Å². The van der Waals surface area contributed by atoms with E-state index in [9.17, 15) is 0 Å². The Kier molecular flexibility index (Phi) is 3.88. The minimum atomic E-state index is -0.390. The lowest BCUT2D eigenvalue weighted by atomic mass is 9.97. The number of rotatable bonds is 4. The highest BCUT2D eigenvalue weighted by Gasteiger charge is 2.23. The second-order valence-corrected chi connectivity index (χ2v) is 5.74. The molecule has 96 valence electrons. The van der Waals surface area contributed by atoms with Crippen LogP contribution in [0.25, 0.3) is 11.3 Å². The van der Waals surface area contributed by atoms with E-state index in [0.29, 0.717) is 0 Å². The lowest BCUT2D eigenvalue weighted by Crippen LogP contribution is -2.34. The lowest BCUT2D eigenvalue weighted by molar-refractivity contribution is 0.423. The Bertz CT molecular complexity index is 531. The van der Waals surface area contributed by atoms with E-state index in [1.54, 1.807) is 0 Å². The fraction of sp³-hybridized carbons (Fsp3) is 0.357. The third-order valence-electron chi connectivity index (χ3n) is 3.02. The first-order valence-corrected chi connectivity index (χ1v) is 6.92. The summed E-state index contributed by atoms with van der Waals surface area (Å²) in [7, 11) is 0. The summed E-state index contributed by atoms with van der Waals surface area (Å²) in [5.74, 6) is 0.847. The summed E-state index contributed by atoms with van der Waals surface area (Å²) in [5.41, 5.74) is 7.98. The van der Waals surface area contributed by atoms with Gasteiger partial charge in [0.1, 0.15) is 5.82 Å². The Hall–Kier alpha value is -1.13. The van der Waals surface area contributed by atoms with Gasteiger partial charge in [-0.15, -0.1) is 0 Å². The van der Waals surface area contributed by atoms with Crippen LogP contribution in [0, 0.1) is 0 Å². The predicted octanol–water partition coefficient (Wildman–Crippen LogP) is 3.81. The van der Waals surface area contributed by atoms with Crippen LogP contribution in [0.1, 0.15) is 32.5 Å².